The van der Waals surface area contributed by atoms with Gasteiger partial charge in [0.25, 0.3) is 0 Å². The van der Waals surface area contributed by atoms with Gasteiger partial charge in [0.2, 0.25) is 0 Å². The molecule has 2 rings (SSSR count). The standard InChI is InChI=1S/C19H31N3O3/c1-14(13-23-3)22-19(20-2)21-12-15-9-10-17(18(11-15)24-4)25-16-7-5-6-8-16/h9-11,14,16H,5-8,12-13H2,1-4H3,(H2,20,21,22). The molecule has 0 bridgehead atoms. The van der Waals surface area contributed by atoms with Crippen LogP contribution in [0.15, 0.2) is 23.2 Å². The molecule has 1 aliphatic carbocycles. The second-order valence-electron chi connectivity index (χ2n) is 6.44. The molecule has 1 fully saturated rings. The molecule has 0 spiro atoms. The van der Waals surface area contributed by atoms with E-state index in [2.05, 4.69) is 28.6 Å². The van der Waals surface area contributed by atoms with Crippen LogP contribution in [0.25, 0.3) is 0 Å². The Morgan fingerprint density at radius 1 is 1.24 bits per heavy atom. The van der Waals surface area contributed by atoms with E-state index in [1.165, 1.54) is 12.8 Å². The lowest BCUT2D eigenvalue weighted by molar-refractivity contribution is 0.179. The number of hydrogen-bond donors (Lipinski definition) is 2. The van der Waals surface area contributed by atoms with Crippen LogP contribution >= 0.6 is 0 Å². The quantitative estimate of drug-likeness (QED) is 0.558. The summed E-state index contributed by atoms with van der Waals surface area (Å²) < 4.78 is 16.7. The molecule has 1 unspecified atom stereocenters. The summed E-state index contributed by atoms with van der Waals surface area (Å²) in [6.07, 6.45) is 5.09. The summed E-state index contributed by atoms with van der Waals surface area (Å²) in [5, 5.41) is 6.59. The lowest BCUT2D eigenvalue weighted by atomic mass is 10.2. The van der Waals surface area contributed by atoms with E-state index < -0.39 is 0 Å². The zero-order chi connectivity index (χ0) is 18.1. The average Bonchev–Trinajstić information content (AvgIpc) is 3.12. The first kappa shape index (κ1) is 19.4. The molecule has 1 saturated carbocycles. The fourth-order valence-corrected chi connectivity index (χ4v) is 3.01. The van der Waals surface area contributed by atoms with E-state index in [9.17, 15) is 0 Å². The van der Waals surface area contributed by atoms with Crippen molar-refractivity contribution in [1.29, 1.82) is 0 Å². The third-order valence-corrected chi connectivity index (χ3v) is 4.31. The van der Waals surface area contributed by atoms with Crippen LogP contribution in [0.5, 0.6) is 11.5 Å². The van der Waals surface area contributed by atoms with Gasteiger partial charge in [-0.05, 0) is 50.3 Å². The zero-order valence-electron chi connectivity index (χ0n) is 15.8. The van der Waals surface area contributed by atoms with Crippen LogP contribution in [0.4, 0.5) is 0 Å². The van der Waals surface area contributed by atoms with Gasteiger partial charge in [-0.2, -0.15) is 0 Å². The Hall–Kier alpha value is -1.95. The average molecular weight is 349 g/mol. The Morgan fingerprint density at radius 2 is 2.00 bits per heavy atom. The predicted octanol–water partition coefficient (Wildman–Crippen LogP) is 2.72. The summed E-state index contributed by atoms with van der Waals surface area (Å²) in [5.41, 5.74) is 1.11. The molecule has 0 amide bonds. The Bertz CT molecular complexity index is 557. The molecule has 1 aromatic rings. The minimum absolute atomic E-state index is 0.188. The van der Waals surface area contributed by atoms with Gasteiger partial charge in [0.05, 0.1) is 19.8 Å². The van der Waals surface area contributed by atoms with Gasteiger partial charge in [0.1, 0.15) is 0 Å². The molecule has 6 nitrogen and oxygen atoms in total. The summed E-state index contributed by atoms with van der Waals surface area (Å²) in [7, 11) is 5.13. The number of methoxy groups -OCH3 is 2. The molecule has 1 atom stereocenters. The van der Waals surface area contributed by atoms with Gasteiger partial charge in [0.15, 0.2) is 17.5 Å². The molecule has 25 heavy (non-hydrogen) atoms. The van der Waals surface area contributed by atoms with E-state index in [0.29, 0.717) is 19.3 Å². The van der Waals surface area contributed by atoms with Crippen molar-refractivity contribution in [2.75, 3.05) is 27.9 Å². The second-order valence-corrected chi connectivity index (χ2v) is 6.44. The van der Waals surface area contributed by atoms with Gasteiger partial charge in [-0.25, -0.2) is 0 Å². The van der Waals surface area contributed by atoms with Gasteiger partial charge in [-0.15, -0.1) is 0 Å². The molecule has 0 aliphatic heterocycles. The second kappa shape index (κ2) is 10.1. The highest BCUT2D eigenvalue weighted by atomic mass is 16.5. The van der Waals surface area contributed by atoms with Crippen LogP contribution in [0, 0.1) is 0 Å². The summed E-state index contributed by atoms with van der Waals surface area (Å²) in [5.74, 6) is 2.35. The lowest BCUT2D eigenvalue weighted by Gasteiger charge is -2.18. The van der Waals surface area contributed by atoms with E-state index in [1.54, 1.807) is 21.3 Å². The van der Waals surface area contributed by atoms with E-state index >= 15 is 0 Å². The van der Waals surface area contributed by atoms with E-state index in [0.717, 1.165) is 35.9 Å². The Labute approximate surface area is 151 Å². The highest BCUT2D eigenvalue weighted by molar-refractivity contribution is 5.79. The van der Waals surface area contributed by atoms with Crippen LogP contribution in [0.3, 0.4) is 0 Å². The van der Waals surface area contributed by atoms with Crippen LogP contribution < -0.4 is 20.1 Å². The van der Waals surface area contributed by atoms with Crippen molar-refractivity contribution in [1.82, 2.24) is 10.6 Å². The van der Waals surface area contributed by atoms with E-state index in [4.69, 9.17) is 14.2 Å². The SMILES string of the molecule is CN=C(NCc1ccc(OC2CCCC2)c(OC)c1)NC(C)COC. The van der Waals surface area contributed by atoms with Crippen molar-refractivity contribution in [3.63, 3.8) is 0 Å². The monoisotopic (exact) mass is 349 g/mol. The number of rotatable bonds is 8. The van der Waals surface area contributed by atoms with Crippen molar-refractivity contribution in [3.05, 3.63) is 23.8 Å². The zero-order valence-corrected chi connectivity index (χ0v) is 15.8. The van der Waals surface area contributed by atoms with Gasteiger partial charge >= 0.3 is 0 Å². The summed E-state index contributed by atoms with van der Waals surface area (Å²) in [4.78, 5) is 4.24. The molecule has 0 aromatic heterocycles. The molecule has 2 N–H and O–H groups in total. The molecule has 6 heteroatoms. The molecule has 0 heterocycles. The maximum Gasteiger partial charge on any atom is 0.191 e. The third-order valence-electron chi connectivity index (χ3n) is 4.31. The first-order chi connectivity index (χ1) is 12.2. The Kier molecular flexibility index (Phi) is 7.85. The normalized spacial score (nSPS) is 16.6. The van der Waals surface area contributed by atoms with Gasteiger partial charge in [-0.1, -0.05) is 6.07 Å². The van der Waals surface area contributed by atoms with Crippen molar-refractivity contribution in [2.24, 2.45) is 4.99 Å². The van der Waals surface area contributed by atoms with E-state index in [1.807, 2.05) is 12.1 Å². The third kappa shape index (κ3) is 6.12. The summed E-state index contributed by atoms with van der Waals surface area (Å²) in [6, 6.07) is 6.26. The van der Waals surface area contributed by atoms with Crippen molar-refractivity contribution in [2.45, 2.75) is 51.3 Å². The number of benzene rings is 1. The first-order valence-electron chi connectivity index (χ1n) is 8.96. The summed E-state index contributed by atoms with van der Waals surface area (Å²) in [6.45, 7) is 3.33. The molecule has 140 valence electrons. The number of aliphatic imine (C=N–C) groups is 1. The molecule has 1 aromatic carbocycles. The predicted molar refractivity (Wildman–Crippen MR) is 101 cm³/mol. The number of nitrogens with one attached hydrogen (secondary N) is 2. The number of guanidine groups is 1. The van der Waals surface area contributed by atoms with Gasteiger partial charge < -0.3 is 24.8 Å². The Balaban J connectivity index is 1.92. The topological polar surface area (TPSA) is 64.1 Å². The number of hydrogen-bond acceptors (Lipinski definition) is 4. The van der Waals surface area contributed by atoms with Crippen LogP contribution in [0.1, 0.15) is 38.2 Å². The number of ether oxygens (including phenoxy) is 3. The van der Waals surface area contributed by atoms with Gasteiger partial charge in [-0.3, -0.25) is 4.99 Å². The maximum absolute atomic E-state index is 6.08. The highest BCUT2D eigenvalue weighted by Crippen LogP contribution is 2.32. The summed E-state index contributed by atoms with van der Waals surface area (Å²) >= 11 is 0. The van der Waals surface area contributed by atoms with Crippen LogP contribution in [0.2, 0.25) is 0 Å². The lowest BCUT2D eigenvalue weighted by Crippen LogP contribution is -2.43. The minimum Gasteiger partial charge on any atom is -0.493 e. The number of nitrogens with zero attached hydrogens (tertiary/aromatic N) is 1. The molecule has 1 aliphatic rings. The maximum atomic E-state index is 6.08. The highest BCUT2D eigenvalue weighted by Gasteiger charge is 2.18. The fourth-order valence-electron chi connectivity index (χ4n) is 3.01. The first-order valence-corrected chi connectivity index (χ1v) is 8.96. The van der Waals surface area contributed by atoms with Crippen molar-refractivity contribution < 1.29 is 14.2 Å². The smallest absolute Gasteiger partial charge is 0.191 e. The Morgan fingerprint density at radius 3 is 2.64 bits per heavy atom. The van der Waals surface area contributed by atoms with Crippen molar-refractivity contribution >= 4 is 5.96 Å². The van der Waals surface area contributed by atoms with Crippen LogP contribution in [-0.2, 0) is 11.3 Å². The molecular formula is C19H31N3O3. The molecule has 0 saturated heterocycles. The van der Waals surface area contributed by atoms with E-state index in [-0.39, 0.29) is 6.04 Å². The van der Waals surface area contributed by atoms with Crippen molar-refractivity contribution in [3.8, 4) is 11.5 Å². The molecular weight excluding hydrogens is 318 g/mol. The van der Waals surface area contributed by atoms with Crippen LogP contribution in [-0.4, -0.2) is 46.0 Å². The van der Waals surface area contributed by atoms with Gasteiger partial charge in [0, 0.05) is 26.7 Å². The largest absolute Gasteiger partial charge is 0.493 e. The minimum atomic E-state index is 0.188. The molecule has 0 radical (unpaired) electrons. The fraction of sp³-hybridized carbons (Fsp3) is 0.632.